The van der Waals surface area contributed by atoms with Crippen LogP contribution in [-0.4, -0.2) is 67.7 Å². The molecule has 0 aromatic heterocycles. The molecular weight excluding hydrogens is 328 g/mol. The van der Waals surface area contributed by atoms with E-state index in [9.17, 15) is 4.79 Å². The van der Waals surface area contributed by atoms with E-state index in [2.05, 4.69) is 24.8 Å². The third-order valence-electron chi connectivity index (χ3n) is 6.10. The molecule has 1 aromatic carbocycles. The van der Waals surface area contributed by atoms with Gasteiger partial charge in [-0.3, -0.25) is 9.69 Å². The zero-order chi connectivity index (χ0) is 18.5. The van der Waals surface area contributed by atoms with Crippen molar-refractivity contribution in [2.24, 2.45) is 5.92 Å². The number of aryl methyl sites for hydroxylation is 1. The van der Waals surface area contributed by atoms with Gasteiger partial charge in [-0.1, -0.05) is 12.1 Å². The van der Waals surface area contributed by atoms with Crippen molar-refractivity contribution in [3.8, 4) is 5.75 Å². The predicted octanol–water partition coefficient (Wildman–Crippen LogP) is 2.64. The van der Waals surface area contributed by atoms with Crippen LogP contribution in [0, 0.1) is 19.8 Å². The first-order valence-electron chi connectivity index (χ1n) is 9.85. The van der Waals surface area contributed by atoms with E-state index < -0.39 is 0 Å². The fourth-order valence-corrected chi connectivity index (χ4v) is 4.03. The third-order valence-corrected chi connectivity index (χ3v) is 6.10. The first-order chi connectivity index (χ1) is 12.6. The van der Waals surface area contributed by atoms with E-state index in [-0.39, 0.29) is 12.5 Å². The second-order valence-corrected chi connectivity index (χ2v) is 7.59. The Labute approximate surface area is 157 Å². The molecule has 26 heavy (non-hydrogen) atoms. The Hall–Kier alpha value is -1.59. The molecule has 0 bridgehead atoms. The topological polar surface area (TPSA) is 42.0 Å². The maximum absolute atomic E-state index is 12.5. The fourth-order valence-electron chi connectivity index (χ4n) is 4.03. The molecule has 0 spiro atoms. The highest BCUT2D eigenvalue weighted by atomic mass is 16.5. The molecule has 144 valence electrons. The van der Waals surface area contributed by atoms with Crippen molar-refractivity contribution in [2.45, 2.75) is 39.7 Å². The van der Waals surface area contributed by atoms with Gasteiger partial charge in [0.25, 0.3) is 5.91 Å². The highest BCUT2D eigenvalue weighted by molar-refractivity contribution is 5.77. The Bertz CT molecular complexity index is 605. The zero-order valence-corrected chi connectivity index (χ0v) is 16.4. The van der Waals surface area contributed by atoms with E-state index >= 15 is 0 Å². The van der Waals surface area contributed by atoms with Gasteiger partial charge in [0.1, 0.15) is 5.75 Å². The summed E-state index contributed by atoms with van der Waals surface area (Å²) in [4.78, 5) is 17.0. The van der Waals surface area contributed by atoms with Crippen molar-refractivity contribution in [1.29, 1.82) is 0 Å². The lowest BCUT2D eigenvalue weighted by atomic mass is 9.89. The van der Waals surface area contributed by atoms with Crippen molar-refractivity contribution in [3.05, 3.63) is 29.3 Å². The second kappa shape index (κ2) is 8.87. The lowest BCUT2D eigenvalue weighted by molar-refractivity contribution is -0.135. The van der Waals surface area contributed by atoms with Gasteiger partial charge < -0.3 is 14.4 Å². The molecule has 0 unspecified atom stereocenters. The van der Waals surface area contributed by atoms with Crippen LogP contribution < -0.4 is 4.74 Å². The monoisotopic (exact) mass is 360 g/mol. The summed E-state index contributed by atoms with van der Waals surface area (Å²) >= 11 is 0. The summed E-state index contributed by atoms with van der Waals surface area (Å²) < 4.78 is 11.2. The summed E-state index contributed by atoms with van der Waals surface area (Å²) in [6.45, 7) is 12.0. The Morgan fingerprint density at radius 2 is 1.88 bits per heavy atom. The molecule has 1 aromatic rings. The van der Waals surface area contributed by atoms with Crippen LogP contribution in [0.25, 0.3) is 0 Å². The van der Waals surface area contributed by atoms with E-state index in [0.29, 0.717) is 12.0 Å². The number of ether oxygens (including phenoxy) is 2. The van der Waals surface area contributed by atoms with Crippen molar-refractivity contribution in [1.82, 2.24) is 9.80 Å². The molecule has 5 heteroatoms. The Morgan fingerprint density at radius 3 is 2.58 bits per heavy atom. The lowest BCUT2D eigenvalue weighted by Crippen LogP contribution is -2.49. The van der Waals surface area contributed by atoms with Crippen LogP contribution in [0.4, 0.5) is 0 Å². The molecule has 5 nitrogen and oxygen atoms in total. The third kappa shape index (κ3) is 4.57. The summed E-state index contributed by atoms with van der Waals surface area (Å²) in [5.74, 6) is 1.58. The van der Waals surface area contributed by atoms with Gasteiger partial charge >= 0.3 is 0 Å². The summed E-state index contributed by atoms with van der Waals surface area (Å²) in [6.07, 6.45) is 2.15. The van der Waals surface area contributed by atoms with Crippen molar-refractivity contribution >= 4 is 5.91 Å². The average molecular weight is 360 g/mol. The second-order valence-electron chi connectivity index (χ2n) is 7.59. The van der Waals surface area contributed by atoms with E-state index in [0.717, 1.165) is 63.5 Å². The lowest BCUT2D eigenvalue weighted by Gasteiger charge is -2.41. The van der Waals surface area contributed by atoms with E-state index in [1.807, 2.05) is 24.0 Å². The van der Waals surface area contributed by atoms with Crippen molar-refractivity contribution in [3.63, 3.8) is 0 Å². The quantitative estimate of drug-likeness (QED) is 0.810. The van der Waals surface area contributed by atoms with Gasteiger partial charge in [-0.05, 0) is 56.7 Å². The Morgan fingerprint density at radius 1 is 1.19 bits per heavy atom. The van der Waals surface area contributed by atoms with Gasteiger partial charge in [0.05, 0.1) is 13.2 Å². The van der Waals surface area contributed by atoms with E-state index in [1.165, 1.54) is 5.56 Å². The SMILES string of the molecule is Cc1cccc(OCC(=O)N2CCC([C@H](C)N3CCOCC3)CC2)c1C. The number of rotatable bonds is 5. The predicted molar refractivity (Wildman–Crippen MR) is 103 cm³/mol. The number of benzene rings is 1. The summed E-state index contributed by atoms with van der Waals surface area (Å²) in [7, 11) is 0. The van der Waals surface area contributed by atoms with Crippen LogP contribution in [0.1, 0.15) is 30.9 Å². The standard InChI is InChI=1S/C21H32N2O3/c1-16-5-4-6-20(17(16)2)26-15-21(24)23-9-7-19(8-10-23)18(3)22-11-13-25-14-12-22/h4-6,18-19H,7-15H2,1-3H3/t18-/m0/s1. The molecule has 2 heterocycles. The van der Waals surface area contributed by atoms with E-state index in [1.54, 1.807) is 0 Å². The largest absolute Gasteiger partial charge is 0.483 e. The van der Waals surface area contributed by atoms with Crippen molar-refractivity contribution in [2.75, 3.05) is 46.0 Å². The van der Waals surface area contributed by atoms with Gasteiger partial charge in [-0.15, -0.1) is 0 Å². The minimum Gasteiger partial charge on any atom is -0.483 e. The highest BCUT2D eigenvalue weighted by Crippen LogP contribution is 2.25. The molecule has 2 saturated heterocycles. The molecule has 0 saturated carbocycles. The summed E-state index contributed by atoms with van der Waals surface area (Å²) in [5, 5.41) is 0. The number of morpholine rings is 1. The summed E-state index contributed by atoms with van der Waals surface area (Å²) in [6, 6.07) is 6.54. The molecule has 0 N–H and O–H groups in total. The fraction of sp³-hybridized carbons (Fsp3) is 0.667. The number of carbonyl (C=O) groups excluding carboxylic acids is 1. The van der Waals surface area contributed by atoms with Crippen LogP contribution in [0.5, 0.6) is 5.75 Å². The van der Waals surface area contributed by atoms with Gasteiger partial charge in [0.15, 0.2) is 6.61 Å². The number of hydrogen-bond donors (Lipinski definition) is 0. The molecular formula is C21H32N2O3. The van der Waals surface area contributed by atoms with Gasteiger partial charge in [-0.2, -0.15) is 0 Å². The highest BCUT2D eigenvalue weighted by Gasteiger charge is 2.30. The van der Waals surface area contributed by atoms with Crippen LogP contribution in [-0.2, 0) is 9.53 Å². The number of nitrogens with zero attached hydrogens (tertiary/aromatic N) is 2. The first kappa shape index (κ1) is 19.2. The molecule has 2 aliphatic rings. The number of hydrogen-bond acceptors (Lipinski definition) is 4. The molecule has 1 amide bonds. The smallest absolute Gasteiger partial charge is 0.260 e. The van der Waals surface area contributed by atoms with Crippen LogP contribution in [0.15, 0.2) is 18.2 Å². The first-order valence-corrected chi connectivity index (χ1v) is 9.85. The number of carbonyl (C=O) groups is 1. The minimum atomic E-state index is 0.100. The van der Waals surface area contributed by atoms with E-state index in [4.69, 9.17) is 9.47 Å². The van der Waals surface area contributed by atoms with Crippen molar-refractivity contribution < 1.29 is 14.3 Å². The maximum atomic E-state index is 12.5. The average Bonchev–Trinajstić information content (AvgIpc) is 2.69. The molecule has 0 radical (unpaired) electrons. The Balaban J connectivity index is 1.45. The van der Waals surface area contributed by atoms with Gasteiger partial charge in [-0.25, -0.2) is 0 Å². The minimum absolute atomic E-state index is 0.100. The molecule has 0 aliphatic carbocycles. The maximum Gasteiger partial charge on any atom is 0.260 e. The molecule has 3 rings (SSSR count). The number of likely N-dealkylation sites (tertiary alicyclic amines) is 1. The number of amides is 1. The van der Waals surface area contributed by atoms with Gasteiger partial charge in [0.2, 0.25) is 0 Å². The molecule has 1 atom stereocenters. The van der Waals surface area contributed by atoms with Crippen LogP contribution >= 0.6 is 0 Å². The van der Waals surface area contributed by atoms with Crippen LogP contribution in [0.3, 0.4) is 0 Å². The van der Waals surface area contributed by atoms with Crippen LogP contribution in [0.2, 0.25) is 0 Å². The summed E-state index contributed by atoms with van der Waals surface area (Å²) in [5.41, 5.74) is 2.30. The number of piperidine rings is 1. The zero-order valence-electron chi connectivity index (χ0n) is 16.4. The molecule has 2 fully saturated rings. The van der Waals surface area contributed by atoms with Gasteiger partial charge in [0, 0.05) is 32.2 Å². The molecule has 2 aliphatic heterocycles. The Kier molecular flexibility index (Phi) is 6.54. The normalized spacial score (nSPS) is 20.8.